The number of hydrogen-bond acceptors (Lipinski definition) is 3. The van der Waals surface area contributed by atoms with Crippen LogP contribution in [0.3, 0.4) is 0 Å². The Kier molecular flexibility index (Phi) is 4.86. The highest BCUT2D eigenvalue weighted by Crippen LogP contribution is 2.08. The molecule has 4 heteroatoms. The summed E-state index contributed by atoms with van der Waals surface area (Å²) < 4.78 is 0. The largest absolute Gasteiger partial charge is 0.352 e. The topological polar surface area (TPSA) is 42.0 Å². The summed E-state index contributed by atoms with van der Waals surface area (Å²) in [5.74, 6) is -0.0721. The van der Waals surface area contributed by atoms with Crippen molar-refractivity contribution in [1.29, 1.82) is 0 Å². The molecule has 0 saturated heterocycles. The lowest BCUT2D eigenvalue weighted by molar-refractivity contribution is -0.116. The molecule has 0 radical (unpaired) electrons. The molecule has 1 aromatic heterocycles. The Bertz CT molecular complexity index is 561. The number of aryl methyl sites for hydroxylation is 1. The summed E-state index contributed by atoms with van der Waals surface area (Å²) in [6, 6.07) is 9.77. The Balaban J connectivity index is 1.74. The Morgan fingerprint density at radius 3 is 2.84 bits per heavy atom. The van der Waals surface area contributed by atoms with E-state index in [9.17, 15) is 4.79 Å². The number of thiazole rings is 1. The van der Waals surface area contributed by atoms with Gasteiger partial charge in [-0.15, -0.1) is 11.3 Å². The molecule has 0 saturated carbocycles. The molecule has 1 heterocycles. The zero-order valence-corrected chi connectivity index (χ0v) is 11.6. The van der Waals surface area contributed by atoms with E-state index in [0.717, 1.165) is 22.7 Å². The minimum Gasteiger partial charge on any atom is -0.352 e. The molecule has 0 bridgehead atoms. The first-order chi connectivity index (χ1) is 9.24. The standard InChI is InChI=1S/C15H16N2OS/c1-12-11-19-15(17-12)9-10-16-14(18)8-7-13-5-3-2-4-6-13/h2-8,11H,9-10H2,1H3,(H,16,18). The number of amides is 1. The van der Waals surface area contributed by atoms with E-state index < -0.39 is 0 Å². The van der Waals surface area contributed by atoms with Crippen molar-refractivity contribution in [3.05, 3.63) is 58.1 Å². The number of aromatic nitrogens is 1. The predicted molar refractivity (Wildman–Crippen MR) is 79.0 cm³/mol. The second kappa shape index (κ2) is 6.85. The van der Waals surface area contributed by atoms with Gasteiger partial charge in [0.15, 0.2) is 0 Å². The van der Waals surface area contributed by atoms with E-state index in [2.05, 4.69) is 10.3 Å². The number of nitrogens with zero attached hydrogens (tertiary/aromatic N) is 1. The molecule has 1 amide bonds. The maximum Gasteiger partial charge on any atom is 0.244 e. The minimum atomic E-state index is -0.0721. The molecule has 0 unspecified atom stereocenters. The average Bonchev–Trinajstić information content (AvgIpc) is 2.83. The zero-order valence-electron chi connectivity index (χ0n) is 10.8. The van der Waals surface area contributed by atoms with Crippen molar-refractivity contribution in [1.82, 2.24) is 10.3 Å². The molecule has 1 N–H and O–H groups in total. The highest BCUT2D eigenvalue weighted by molar-refractivity contribution is 7.09. The van der Waals surface area contributed by atoms with Gasteiger partial charge >= 0.3 is 0 Å². The monoisotopic (exact) mass is 272 g/mol. The van der Waals surface area contributed by atoms with Crippen LogP contribution in [0.1, 0.15) is 16.3 Å². The molecule has 19 heavy (non-hydrogen) atoms. The van der Waals surface area contributed by atoms with Crippen molar-refractivity contribution < 1.29 is 4.79 Å². The highest BCUT2D eigenvalue weighted by Gasteiger charge is 1.99. The van der Waals surface area contributed by atoms with E-state index >= 15 is 0 Å². The van der Waals surface area contributed by atoms with Crippen LogP contribution in [-0.2, 0) is 11.2 Å². The molecule has 3 nitrogen and oxygen atoms in total. The third kappa shape index (κ3) is 4.67. The van der Waals surface area contributed by atoms with Crippen molar-refractivity contribution in [2.24, 2.45) is 0 Å². The Labute approximate surface area is 117 Å². The van der Waals surface area contributed by atoms with Crippen molar-refractivity contribution in [2.75, 3.05) is 6.54 Å². The van der Waals surface area contributed by atoms with Gasteiger partial charge in [-0.25, -0.2) is 4.98 Å². The normalized spacial score (nSPS) is 10.8. The zero-order chi connectivity index (χ0) is 13.5. The van der Waals surface area contributed by atoms with Gasteiger partial charge in [0.2, 0.25) is 5.91 Å². The van der Waals surface area contributed by atoms with E-state index in [4.69, 9.17) is 0 Å². The van der Waals surface area contributed by atoms with Crippen molar-refractivity contribution in [3.8, 4) is 0 Å². The first kappa shape index (κ1) is 13.5. The van der Waals surface area contributed by atoms with Gasteiger partial charge in [0.25, 0.3) is 0 Å². The average molecular weight is 272 g/mol. The lowest BCUT2D eigenvalue weighted by Crippen LogP contribution is -2.23. The van der Waals surface area contributed by atoms with Gasteiger partial charge in [0.05, 0.1) is 5.01 Å². The van der Waals surface area contributed by atoms with Gasteiger partial charge in [0, 0.05) is 30.1 Å². The van der Waals surface area contributed by atoms with Gasteiger partial charge < -0.3 is 5.32 Å². The molecular weight excluding hydrogens is 256 g/mol. The third-order valence-corrected chi connectivity index (χ3v) is 3.56. The summed E-state index contributed by atoms with van der Waals surface area (Å²) in [6.45, 7) is 2.59. The van der Waals surface area contributed by atoms with Crippen LogP contribution in [0, 0.1) is 6.92 Å². The number of nitrogens with one attached hydrogen (secondary N) is 1. The number of rotatable bonds is 5. The van der Waals surface area contributed by atoms with E-state index in [1.54, 1.807) is 17.4 Å². The molecule has 1 aromatic carbocycles. The Hall–Kier alpha value is -1.94. The molecule has 98 valence electrons. The van der Waals surface area contributed by atoms with Crippen molar-refractivity contribution >= 4 is 23.3 Å². The molecule has 0 spiro atoms. The summed E-state index contributed by atoms with van der Waals surface area (Å²) in [4.78, 5) is 15.9. The highest BCUT2D eigenvalue weighted by atomic mass is 32.1. The summed E-state index contributed by atoms with van der Waals surface area (Å²) in [5, 5.41) is 5.93. The van der Waals surface area contributed by atoms with Crippen LogP contribution in [0.15, 0.2) is 41.8 Å². The Morgan fingerprint density at radius 2 is 2.16 bits per heavy atom. The van der Waals surface area contributed by atoms with E-state index in [1.807, 2.05) is 48.7 Å². The van der Waals surface area contributed by atoms with Gasteiger partial charge in [-0.3, -0.25) is 4.79 Å². The molecule has 2 aromatic rings. The summed E-state index contributed by atoms with van der Waals surface area (Å²) >= 11 is 1.63. The number of hydrogen-bond donors (Lipinski definition) is 1. The molecule has 0 aliphatic rings. The van der Waals surface area contributed by atoms with Crippen LogP contribution in [0.4, 0.5) is 0 Å². The van der Waals surface area contributed by atoms with E-state index in [-0.39, 0.29) is 5.91 Å². The van der Waals surface area contributed by atoms with Crippen molar-refractivity contribution in [2.45, 2.75) is 13.3 Å². The fourth-order valence-corrected chi connectivity index (χ4v) is 2.38. The van der Waals surface area contributed by atoms with Crippen LogP contribution in [0.5, 0.6) is 0 Å². The SMILES string of the molecule is Cc1csc(CCNC(=O)C=Cc2ccccc2)n1. The second-order valence-corrected chi connectivity index (χ2v) is 5.11. The van der Waals surface area contributed by atoms with Gasteiger partial charge in [-0.1, -0.05) is 30.3 Å². The number of carbonyl (C=O) groups is 1. The lowest BCUT2D eigenvalue weighted by atomic mass is 10.2. The molecular formula is C15H16N2OS. The molecule has 0 aliphatic heterocycles. The third-order valence-electron chi connectivity index (χ3n) is 2.53. The van der Waals surface area contributed by atoms with Crippen LogP contribution in [0.2, 0.25) is 0 Å². The summed E-state index contributed by atoms with van der Waals surface area (Å²) in [7, 11) is 0. The quantitative estimate of drug-likeness (QED) is 0.850. The fraction of sp³-hybridized carbons (Fsp3) is 0.200. The van der Waals surface area contributed by atoms with Crippen LogP contribution in [0.25, 0.3) is 6.08 Å². The molecule has 0 fully saturated rings. The van der Waals surface area contributed by atoms with Crippen LogP contribution < -0.4 is 5.32 Å². The maximum absolute atomic E-state index is 11.6. The van der Waals surface area contributed by atoms with Crippen molar-refractivity contribution in [3.63, 3.8) is 0 Å². The Morgan fingerprint density at radius 1 is 1.37 bits per heavy atom. The van der Waals surface area contributed by atoms with Gasteiger partial charge in [0.1, 0.15) is 0 Å². The second-order valence-electron chi connectivity index (χ2n) is 4.17. The summed E-state index contributed by atoms with van der Waals surface area (Å²) in [5.41, 5.74) is 2.06. The van der Waals surface area contributed by atoms with E-state index in [0.29, 0.717) is 6.54 Å². The number of benzene rings is 1. The lowest BCUT2D eigenvalue weighted by Gasteiger charge is -1.99. The molecule has 2 rings (SSSR count). The maximum atomic E-state index is 11.6. The first-order valence-corrected chi connectivity index (χ1v) is 7.04. The first-order valence-electron chi connectivity index (χ1n) is 6.16. The fourth-order valence-electron chi connectivity index (χ4n) is 1.61. The van der Waals surface area contributed by atoms with Gasteiger partial charge in [-0.05, 0) is 18.6 Å². The van der Waals surface area contributed by atoms with E-state index in [1.165, 1.54) is 0 Å². The molecule has 0 aliphatic carbocycles. The summed E-state index contributed by atoms with van der Waals surface area (Å²) in [6.07, 6.45) is 4.15. The predicted octanol–water partition coefficient (Wildman–Crippen LogP) is 2.82. The minimum absolute atomic E-state index is 0.0721. The molecule has 0 atom stereocenters. The van der Waals surface area contributed by atoms with Crippen LogP contribution >= 0.6 is 11.3 Å². The van der Waals surface area contributed by atoms with Gasteiger partial charge in [-0.2, -0.15) is 0 Å². The smallest absolute Gasteiger partial charge is 0.244 e. The van der Waals surface area contributed by atoms with Crippen LogP contribution in [-0.4, -0.2) is 17.4 Å². The number of carbonyl (C=O) groups excluding carboxylic acids is 1.